The summed E-state index contributed by atoms with van der Waals surface area (Å²) in [5, 5.41) is 9.25. The molecular formula is C18H33N3O3. The third-order valence-electron chi connectivity index (χ3n) is 5.47. The van der Waals surface area contributed by atoms with Crippen LogP contribution in [0.3, 0.4) is 0 Å². The number of hydrogen-bond acceptors (Lipinski definition) is 4. The van der Waals surface area contributed by atoms with Crippen LogP contribution in [0.4, 0.5) is 0 Å². The fourth-order valence-electron chi connectivity index (χ4n) is 4.84. The number of rotatable bonds is 2. The van der Waals surface area contributed by atoms with E-state index in [1.165, 1.54) is 0 Å². The van der Waals surface area contributed by atoms with E-state index >= 15 is 0 Å². The summed E-state index contributed by atoms with van der Waals surface area (Å²) in [4.78, 5) is 29.5. The Morgan fingerprint density at radius 3 is 2.21 bits per heavy atom. The molecule has 6 nitrogen and oxygen atoms in total. The van der Waals surface area contributed by atoms with Crippen LogP contribution in [0.5, 0.6) is 0 Å². The maximum absolute atomic E-state index is 13.1. The minimum atomic E-state index is -0.448. The van der Waals surface area contributed by atoms with Gasteiger partial charge < -0.3 is 20.6 Å². The molecule has 0 aromatic carbocycles. The van der Waals surface area contributed by atoms with Crippen molar-refractivity contribution in [2.75, 3.05) is 13.2 Å². The van der Waals surface area contributed by atoms with Crippen LogP contribution in [-0.4, -0.2) is 63.0 Å². The van der Waals surface area contributed by atoms with E-state index in [4.69, 9.17) is 5.73 Å². The van der Waals surface area contributed by atoms with E-state index < -0.39 is 22.9 Å². The number of likely N-dealkylation sites (tertiary alicyclic amines) is 2. The highest BCUT2D eigenvalue weighted by Gasteiger charge is 2.49. The summed E-state index contributed by atoms with van der Waals surface area (Å²) in [5.74, 6) is -0.855. The molecule has 1 atom stereocenters. The molecule has 24 heavy (non-hydrogen) atoms. The standard InChI is InChI=1S/C18H33N3O3/c1-17(2)11-13(19)12-18(3,4)21(17)16(24)15(23)20-9-6-5-7-14(20)8-10-22/h13-14,22H,5-12,19H2,1-4H3. The molecule has 2 amide bonds. The highest BCUT2D eigenvalue weighted by Crippen LogP contribution is 2.38. The number of nitrogens with two attached hydrogens (primary N) is 1. The summed E-state index contributed by atoms with van der Waals surface area (Å²) in [6, 6.07) is 0.00440. The number of piperidine rings is 2. The second kappa shape index (κ2) is 7.00. The van der Waals surface area contributed by atoms with Gasteiger partial charge in [-0.2, -0.15) is 0 Å². The van der Waals surface area contributed by atoms with Crippen LogP contribution in [0, 0.1) is 0 Å². The third kappa shape index (κ3) is 3.75. The monoisotopic (exact) mass is 339 g/mol. The Hall–Kier alpha value is -1.14. The van der Waals surface area contributed by atoms with Crippen molar-refractivity contribution < 1.29 is 14.7 Å². The van der Waals surface area contributed by atoms with E-state index in [0.717, 1.165) is 19.3 Å². The van der Waals surface area contributed by atoms with Gasteiger partial charge in [0.1, 0.15) is 0 Å². The van der Waals surface area contributed by atoms with Crippen LogP contribution in [0.1, 0.15) is 66.2 Å². The van der Waals surface area contributed by atoms with E-state index in [1.54, 1.807) is 9.80 Å². The Balaban J connectivity index is 2.23. The second-order valence-corrected chi connectivity index (χ2v) is 8.59. The molecule has 0 aromatic rings. The Bertz CT molecular complexity index is 470. The number of carbonyl (C=O) groups excluding carboxylic acids is 2. The normalized spacial score (nSPS) is 27.2. The van der Waals surface area contributed by atoms with Gasteiger partial charge in [-0.15, -0.1) is 0 Å². The molecule has 2 rings (SSSR count). The van der Waals surface area contributed by atoms with Crippen LogP contribution in [-0.2, 0) is 9.59 Å². The highest BCUT2D eigenvalue weighted by molar-refractivity contribution is 6.35. The second-order valence-electron chi connectivity index (χ2n) is 8.59. The van der Waals surface area contributed by atoms with Crippen molar-refractivity contribution >= 4 is 11.8 Å². The fourth-order valence-corrected chi connectivity index (χ4v) is 4.84. The van der Waals surface area contributed by atoms with Gasteiger partial charge in [-0.1, -0.05) is 0 Å². The largest absolute Gasteiger partial charge is 0.396 e. The molecule has 2 heterocycles. The summed E-state index contributed by atoms with van der Waals surface area (Å²) < 4.78 is 0. The van der Waals surface area contributed by atoms with E-state index in [2.05, 4.69) is 0 Å². The molecule has 1 unspecified atom stereocenters. The van der Waals surface area contributed by atoms with Gasteiger partial charge in [-0.05, 0) is 66.2 Å². The molecule has 0 aromatic heterocycles. The summed E-state index contributed by atoms with van der Waals surface area (Å²) in [5.41, 5.74) is 5.27. The summed E-state index contributed by atoms with van der Waals surface area (Å²) in [7, 11) is 0. The summed E-state index contributed by atoms with van der Waals surface area (Å²) >= 11 is 0. The molecule has 0 aliphatic carbocycles. The Labute approximate surface area is 145 Å². The third-order valence-corrected chi connectivity index (χ3v) is 5.47. The van der Waals surface area contributed by atoms with Crippen molar-refractivity contribution in [1.82, 2.24) is 9.80 Å². The fraction of sp³-hybridized carbons (Fsp3) is 0.889. The minimum absolute atomic E-state index is 0.0292. The van der Waals surface area contributed by atoms with Gasteiger partial charge in [0.2, 0.25) is 0 Å². The Morgan fingerprint density at radius 1 is 1.08 bits per heavy atom. The van der Waals surface area contributed by atoms with Crippen molar-refractivity contribution in [2.24, 2.45) is 5.73 Å². The number of hydrogen-bond donors (Lipinski definition) is 2. The molecule has 2 saturated heterocycles. The molecule has 3 N–H and O–H groups in total. The summed E-state index contributed by atoms with van der Waals surface area (Å²) in [6.07, 6.45) is 4.73. The number of carbonyl (C=O) groups is 2. The molecule has 0 spiro atoms. The lowest BCUT2D eigenvalue weighted by Gasteiger charge is -2.54. The van der Waals surface area contributed by atoms with Crippen LogP contribution in [0.2, 0.25) is 0 Å². The van der Waals surface area contributed by atoms with Crippen LogP contribution < -0.4 is 5.73 Å². The van der Waals surface area contributed by atoms with Crippen molar-refractivity contribution in [3.05, 3.63) is 0 Å². The van der Waals surface area contributed by atoms with E-state index in [0.29, 0.717) is 25.8 Å². The van der Waals surface area contributed by atoms with Crippen molar-refractivity contribution in [3.8, 4) is 0 Å². The van der Waals surface area contributed by atoms with Gasteiger partial charge in [-0.3, -0.25) is 9.59 Å². The number of amides is 2. The van der Waals surface area contributed by atoms with Crippen LogP contribution >= 0.6 is 0 Å². The zero-order valence-electron chi connectivity index (χ0n) is 15.5. The van der Waals surface area contributed by atoms with Crippen LogP contribution in [0.15, 0.2) is 0 Å². The van der Waals surface area contributed by atoms with Gasteiger partial charge >= 0.3 is 11.8 Å². The first-order valence-corrected chi connectivity index (χ1v) is 9.12. The van der Waals surface area contributed by atoms with E-state index in [9.17, 15) is 14.7 Å². The lowest BCUT2D eigenvalue weighted by molar-refractivity contribution is -0.165. The Kier molecular flexibility index (Phi) is 5.60. The first-order valence-electron chi connectivity index (χ1n) is 9.12. The maximum atomic E-state index is 13.1. The molecule has 6 heteroatoms. The smallest absolute Gasteiger partial charge is 0.312 e. The van der Waals surface area contributed by atoms with Gasteiger partial charge in [-0.25, -0.2) is 0 Å². The van der Waals surface area contributed by atoms with Crippen molar-refractivity contribution in [3.63, 3.8) is 0 Å². The topological polar surface area (TPSA) is 86.9 Å². The van der Waals surface area contributed by atoms with E-state index in [1.807, 2.05) is 27.7 Å². The first kappa shape index (κ1) is 19.2. The molecule has 2 fully saturated rings. The molecule has 0 saturated carbocycles. The number of aliphatic hydroxyl groups is 1. The minimum Gasteiger partial charge on any atom is -0.396 e. The van der Waals surface area contributed by atoms with Crippen molar-refractivity contribution in [1.29, 1.82) is 0 Å². The average Bonchev–Trinajstić information content (AvgIpc) is 2.44. The number of nitrogens with zero attached hydrogens (tertiary/aromatic N) is 2. The van der Waals surface area contributed by atoms with E-state index in [-0.39, 0.29) is 18.7 Å². The predicted octanol–water partition coefficient (Wildman–Crippen LogP) is 1.26. The molecule has 0 bridgehead atoms. The van der Waals surface area contributed by atoms with Crippen LogP contribution in [0.25, 0.3) is 0 Å². The van der Waals surface area contributed by atoms with Crippen molar-refractivity contribution in [2.45, 2.75) is 89.4 Å². The van der Waals surface area contributed by atoms with Gasteiger partial charge in [0.25, 0.3) is 0 Å². The zero-order chi connectivity index (χ0) is 18.1. The molecule has 138 valence electrons. The lowest BCUT2D eigenvalue weighted by Crippen LogP contribution is -2.67. The SMILES string of the molecule is CC1(C)CC(N)CC(C)(C)N1C(=O)C(=O)N1CCCCC1CCO. The quantitative estimate of drug-likeness (QED) is 0.742. The van der Waals surface area contributed by atoms with Gasteiger partial charge in [0, 0.05) is 36.3 Å². The molecular weight excluding hydrogens is 306 g/mol. The Morgan fingerprint density at radius 2 is 1.67 bits per heavy atom. The molecule has 0 radical (unpaired) electrons. The lowest BCUT2D eigenvalue weighted by atomic mass is 9.77. The maximum Gasteiger partial charge on any atom is 0.312 e. The first-order chi connectivity index (χ1) is 11.1. The molecule has 2 aliphatic rings. The summed E-state index contributed by atoms with van der Waals surface area (Å²) in [6.45, 7) is 8.59. The number of aliphatic hydroxyl groups excluding tert-OH is 1. The zero-order valence-corrected chi connectivity index (χ0v) is 15.5. The highest BCUT2D eigenvalue weighted by atomic mass is 16.3. The van der Waals surface area contributed by atoms with Gasteiger partial charge in [0.05, 0.1) is 0 Å². The predicted molar refractivity (Wildman–Crippen MR) is 93.3 cm³/mol. The average molecular weight is 339 g/mol. The molecule has 2 aliphatic heterocycles. The van der Waals surface area contributed by atoms with Gasteiger partial charge in [0.15, 0.2) is 0 Å².